The van der Waals surface area contributed by atoms with Crippen LogP contribution in [0.25, 0.3) is 0 Å². The minimum atomic E-state index is -0.0997. The molecule has 0 amide bonds. The molecule has 8 heteroatoms. The Morgan fingerprint density at radius 3 is 2.92 bits per heavy atom. The quantitative estimate of drug-likeness (QED) is 0.845. The second kappa shape index (κ2) is 7.98. The van der Waals surface area contributed by atoms with Gasteiger partial charge in [-0.3, -0.25) is 0 Å². The second-order valence-electron chi connectivity index (χ2n) is 5.39. The van der Waals surface area contributed by atoms with Crippen LogP contribution in [-0.2, 0) is 4.74 Å². The SMILES string of the molecule is OCCNc1cc(N2CCO[C@H](c3ccc(Cl)c(Cl)c3)C2)ncn1. The van der Waals surface area contributed by atoms with Crippen LogP contribution >= 0.6 is 23.2 Å². The molecule has 0 radical (unpaired) electrons. The third-order valence-electron chi connectivity index (χ3n) is 3.78. The zero-order valence-electron chi connectivity index (χ0n) is 13.0. The lowest BCUT2D eigenvalue weighted by atomic mass is 10.1. The van der Waals surface area contributed by atoms with E-state index in [1.54, 1.807) is 6.07 Å². The standard InChI is InChI=1S/C16H18Cl2N4O2/c17-12-2-1-11(7-13(12)18)14-9-22(4-6-24-14)16-8-15(19-3-5-23)20-10-21-16/h1-2,7-8,10,14,23H,3-6,9H2,(H,19,20,21)/t14-/m0/s1. The van der Waals surface area contributed by atoms with Crippen molar-refractivity contribution in [2.45, 2.75) is 6.10 Å². The van der Waals surface area contributed by atoms with Gasteiger partial charge >= 0.3 is 0 Å². The van der Waals surface area contributed by atoms with Crippen molar-refractivity contribution in [2.24, 2.45) is 0 Å². The highest BCUT2D eigenvalue weighted by atomic mass is 35.5. The number of anilines is 2. The van der Waals surface area contributed by atoms with Crippen molar-refractivity contribution in [2.75, 3.05) is 43.1 Å². The molecule has 0 saturated carbocycles. The van der Waals surface area contributed by atoms with Crippen LogP contribution in [0.4, 0.5) is 11.6 Å². The second-order valence-corrected chi connectivity index (χ2v) is 6.21. The number of nitrogens with zero attached hydrogens (tertiary/aromatic N) is 3. The maximum Gasteiger partial charge on any atom is 0.134 e. The molecule has 0 bridgehead atoms. The summed E-state index contributed by atoms with van der Waals surface area (Å²) in [5.74, 6) is 1.51. The molecular formula is C16H18Cl2N4O2. The molecule has 1 fully saturated rings. The number of hydrogen-bond acceptors (Lipinski definition) is 6. The first-order valence-electron chi connectivity index (χ1n) is 7.65. The summed E-state index contributed by atoms with van der Waals surface area (Å²) < 4.78 is 5.87. The smallest absolute Gasteiger partial charge is 0.134 e. The van der Waals surface area contributed by atoms with Crippen LogP contribution in [-0.4, -0.2) is 47.9 Å². The normalized spacial score (nSPS) is 17.8. The third kappa shape index (κ3) is 4.08. The minimum absolute atomic E-state index is 0.0519. The predicted octanol–water partition coefficient (Wildman–Crippen LogP) is 2.77. The molecule has 0 unspecified atom stereocenters. The number of morpholine rings is 1. The van der Waals surface area contributed by atoms with Crippen molar-refractivity contribution >= 4 is 34.8 Å². The number of halogens is 2. The van der Waals surface area contributed by atoms with Crippen molar-refractivity contribution in [3.05, 3.63) is 46.2 Å². The molecule has 2 aromatic rings. The van der Waals surface area contributed by atoms with Gasteiger partial charge < -0.3 is 20.1 Å². The van der Waals surface area contributed by atoms with Crippen LogP contribution in [0.1, 0.15) is 11.7 Å². The zero-order chi connectivity index (χ0) is 16.9. The summed E-state index contributed by atoms with van der Waals surface area (Å²) in [5, 5.41) is 13.0. The molecular weight excluding hydrogens is 351 g/mol. The lowest BCUT2D eigenvalue weighted by molar-refractivity contribution is 0.0395. The van der Waals surface area contributed by atoms with Crippen LogP contribution in [0.5, 0.6) is 0 Å². The Bertz CT molecular complexity index is 702. The van der Waals surface area contributed by atoms with Gasteiger partial charge in [0, 0.05) is 25.7 Å². The monoisotopic (exact) mass is 368 g/mol. The highest BCUT2D eigenvalue weighted by molar-refractivity contribution is 6.42. The van der Waals surface area contributed by atoms with E-state index in [0.717, 1.165) is 17.9 Å². The summed E-state index contributed by atoms with van der Waals surface area (Å²) in [4.78, 5) is 10.6. The van der Waals surface area contributed by atoms with Crippen molar-refractivity contribution in [3.63, 3.8) is 0 Å². The Morgan fingerprint density at radius 2 is 2.12 bits per heavy atom. The molecule has 0 aliphatic carbocycles. The van der Waals surface area contributed by atoms with Gasteiger partial charge in [-0.2, -0.15) is 0 Å². The molecule has 3 rings (SSSR count). The lowest BCUT2D eigenvalue weighted by Gasteiger charge is -2.34. The largest absolute Gasteiger partial charge is 0.395 e. The minimum Gasteiger partial charge on any atom is -0.395 e. The van der Waals surface area contributed by atoms with Gasteiger partial charge in [-0.15, -0.1) is 0 Å². The summed E-state index contributed by atoms with van der Waals surface area (Å²) in [6.45, 7) is 2.50. The summed E-state index contributed by atoms with van der Waals surface area (Å²) in [5.41, 5.74) is 0.988. The Balaban J connectivity index is 1.74. The van der Waals surface area contributed by atoms with Gasteiger partial charge in [0.2, 0.25) is 0 Å². The summed E-state index contributed by atoms with van der Waals surface area (Å²) in [6, 6.07) is 7.42. The van der Waals surface area contributed by atoms with E-state index in [2.05, 4.69) is 20.2 Å². The molecule has 1 atom stereocenters. The fourth-order valence-electron chi connectivity index (χ4n) is 2.57. The van der Waals surface area contributed by atoms with Crippen LogP contribution in [0.2, 0.25) is 10.0 Å². The van der Waals surface area contributed by atoms with Crippen molar-refractivity contribution in [1.82, 2.24) is 9.97 Å². The van der Waals surface area contributed by atoms with Gasteiger partial charge in [0.1, 0.15) is 24.1 Å². The summed E-state index contributed by atoms with van der Waals surface area (Å²) in [7, 11) is 0. The number of aromatic nitrogens is 2. The number of aliphatic hydroxyl groups is 1. The molecule has 128 valence electrons. The predicted molar refractivity (Wildman–Crippen MR) is 95.0 cm³/mol. The van der Waals surface area contributed by atoms with E-state index in [0.29, 0.717) is 35.6 Å². The molecule has 1 aliphatic heterocycles. The molecule has 2 heterocycles. The van der Waals surface area contributed by atoms with E-state index in [9.17, 15) is 0 Å². The van der Waals surface area contributed by atoms with Gasteiger partial charge in [0.25, 0.3) is 0 Å². The number of aliphatic hydroxyl groups excluding tert-OH is 1. The van der Waals surface area contributed by atoms with Crippen LogP contribution < -0.4 is 10.2 Å². The highest BCUT2D eigenvalue weighted by Gasteiger charge is 2.23. The van der Waals surface area contributed by atoms with E-state index >= 15 is 0 Å². The first kappa shape index (κ1) is 17.2. The summed E-state index contributed by atoms with van der Waals surface area (Å²) in [6.07, 6.45) is 1.41. The highest BCUT2D eigenvalue weighted by Crippen LogP contribution is 2.30. The molecule has 1 aromatic heterocycles. The molecule has 1 saturated heterocycles. The molecule has 24 heavy (non-hydrogen) atoms. The molecule has 6 nitrogen and oxygen atoms in total. The fraction of sp³-hybridized carbons (Fsp3) is 0.375. The first-order valence-corrected chi connectivity index (χ1v) is 8.41. The maximum atomic E-state index is 8.90. The van der Waals surface area contributed by atoms with Crippen molar-refractivity contribution in [3.8, 4) is 0 Å². The number of ether oxygens (including phenoxy) is 1. The Morgan fingerprint density at radius 1 is 1.25 bits per heavy atom. The summed E-state index contributed by atoms with van der Waals surface area (Å²) >= 11 is 12.1. The number of nitrogens with one attached hydrogen (secondary N) is 1. The van der Waals surface area contributed by atoms with E-state index in [4.69, 9.17) is 33.0 Å². The average Bonchev–Trinajstić information content (AvgIpc) is 2.62. The number of rotatable bonds is 5. The fourth-order valence-corrected chi connectivity index (χ4v) is 2.88. The molecule has 1 aromatic carbocycles. The Labute approximate surface area is 150 Å². The van der Waals surface area contributed by atoms with Gasteiger partial charge in [0.05, 0.1) is 23.3 Å². The van der Waals surface area contributed by atoms with E-state index in [1.165, 1.54) is 6.33 Å². The zero-order valence-corrected chi connectivity index (χ0v) is 14.5. The Kier molecular flexibility index (Phi) is 5.73. The van der Waals surface area contributed by atoms with Gasteiger partial charge in [0.15, 0.2) is 0 Å². The average molecular weight is 369 g/mol. The van der Waals surface area contributed by atoms with Crippen LogP contribution in [0.3, 0.4) is 0 Å². The van der Waals surface area contributed by atoms with E-state index < -0.39 is 0 Å². The van der Waals surface area contributed by atoms with Crippen molar-refractivity contribution in [1.29, 1.82) is 0 Å². The van der Waals surface area contributed by atoms with E-state index in [-0.39, 0.29) is 12.7 Å². The van der Waals surface area contributed by atoms with Gasteiger partial charge in [-0.1, -0.05) is 29.3 Å². The Hall–Kier alpha value is -1.60. The molecule has 0 spiro atoms. The first-order chi connectivity index (χ1) is 11.7. The van der Waals surface area contributed by atoms with Crippen LogP contribution in [0, 0.1) is 0 Å². The number of hydrogen-bond donors (Lipinski definition) is 2. The lowest BCUT2D eigenvalue weighted by Crippen LogP contribution is -2.38. The van der Waals surface area contributed by atoms with E-state index in [1.807, 2.05) is 18.2 Å². The van der Waals surface area contributed by atoms with Gasteiger partial charge in [-0.05, 0) is 17.7 Å². The maximum absolute atomic E-state index is 8.90. The van der Waals surface area contributed by atoms with Gasteiger partial charge in [-0.25, -0.2) is 9.97 Å². The van der Waals surface area contributed by atoms with Crippen molar-refractivity contribution < 1.29 is 9.84 Å². The number of benzene rings is 1. The topological polar surface area (TPSA) is 70.5 Å². The van der Waals surface area contributed by atoms with Crippen LogP contribution in [0.15, 0.2) is 30.6 Å². The molecule has 1 aliphatic rings. The third-order valence-corrected chi connectivity index (χ3v) is 4.52. The molecule has 2 N–H and O–H groups in total.